The Morgan fingerprint density at radius 2 is 2.13 bits per heavy atom. The summed E-state index contributed by atoms with van der Waals surface area (Å²) in [6, 6.07) is 7.86. The van der Waals surface area contributed by atoms with E-state index in [0.29, 0.717) is 13.1 Å². The first-order chi connectivity index (χ1) is 11.1. The van der Waals surface area contributed by atoms with Crippen molar-refractivity contribution in [1.29, 1.82) is 0 Å². The highest BCUT2D eigenvalue weighted by molar-refractivity contribution is 5.74. The van der Waals surface area contributed by atoms with E-state index in [1.165, 1.54) is 5.56 Å². The molecule has 23 heavy (non-hydrogen) atoms. The number of nitrogens with zero attached hydrogens (tertiary/aromatic N) is 1. The van der Waals surface area contributed by atoms with Crippen LogP contribution in [0, 0.1) is 5.41 Å². The van der Waals surface area contributed by atoms with Crippen LogP contribution in [-0.4, -0.2) is 49.4 Å². The summed E-state index contributed by atoms with van der Waals surface area (Å²) in [5.74, 6) is 0.839. The Morgan fingerprint density at radius 3 is 2.74 bits per heavy atom. The molecule has 1 fully saturated rings. The maximum atomic E-state index is 12.3. The molecule has 128 valence electrons. The van der Waals surface area contributed by atoms with Gasteiger partial charge in [0.05, 0.1) is 13.7 Å². The third kappa shape index (κ3) is 4.61. The molecule has 0 saturated carbocycles. The summed E-state index contributed by atoms with van der Waals surface area (Å²) < 4.78 is 5.14. The Morgan fingerprint density at radius 1 is 1.39 bits per heavy atom. The van der Waals surface area contributed by atoms with E-state index < -0.39 is 0 Å². The summed E-state index contributed by atoms with van der Waals surface area (Å²) in [6.07, 6.45) is 3.65. The van der Waals surface area contributed by atoms with Crippen molar-refractivity contribution in [2.45, 2.75) is 32.6 Å². The number of amides is 2. The highest BCUT2D eigenvalue weighted by atomic mass is 16.5. The second-order valence-electron chi connectivity index (χ2n) is 6.37. The molecule has 1 heterocycles. The highest BCUT2D eigenvalue weighted by Gasteiger charge is 2.35. The van der Waals surface area contributed by atoms with E-state index in [0.717, 1.165) is 38.0 Å². The van der Waals surface area contributed by atoms with Crippen molar-refractivity contribution in [1.82, 2.24) is 10.2 Å². The molecule has 1 unspecified atom stereocenters. The molecule has 2 rings (SSSR count). The number of piperidine rings is 1. The van der Waals surface area contributed by atoms with Gasteiger partial charge < -0.3 is 20.1 Å². The Balaban J connectivity index is 1.79. The van der Waals surface area contributed by atoms with Crippen LogP contribution < -0.4 is 10.1 Å². The number of rotatable bonds is 6. The minimum absolute atomic E-state index is 0.0236. The first-order valence-electron chi connectivity index (χ1n) is 8.39. The Bertz CT molecular complexity index is 497. The van der Waals surface area contributed by atoms with Crippen molar-refractivity contribution in [2.24, 2.45) is 5.41 Å². The minimum Gasteiger partial charge on any atom is -0.497 e. The number of methoxy groups -OCH3 is 1. The number of benzene rings is 1. The molecule has 5 heteroatoms. The van der Waals surface area contributed by atoms with E-state index in [-0.39, 0.29) is 18.1 Å². The van der Waals surface area contributed by atoms with Crippen LogP contribution in [0.25, 0.3) is 0 Å². The van der Waals surface area contributed by atoms with E-state index in [1.54, 1.807) is 7.11 Å². The summed E-state index contributed by atoms with van der Waals surface area (Å²) in [4.78, 5) is 14.2. The van der Waals surface area contributed by atoms with Gasteiger partial charge in [-0.25, -0.2) is 4.79 Å². The molecule has 0 bridgehead atoms. The number of nitrogens with one attached hydrogen (secondary N) is 1. The normalized spacial score (nSPS) is 21.1. The van der Waals surface area contributed by atoms with Gasteiger partial charge in [0.1, 0.15) is 5.75 Å². The van der Waals surface area contributed by atoms with Gasteiger partial charge in [-0.3, -0.25) is 0 Å². The zero-order valence-electron chi connectivity index (χ0n) is 14.2. The van der Waals surface area contributed by atoms with Crippen molar-refractivity contribution < 1.29 is 14.6 Å². The molecule has 2 amide bonds. The second kappa shape index (κ2) is 8.20. The average molecular weight is 320 g/mol. The van der Waals surface area contributed by atoms with Gasteiger partial charge in [-0.2, -0.15) is 0 Å². The molecule has 1 aromatic rings. The molecule has 0 spiro atoms. The number of carbonyl (C=O) groups excluding carboxylic acids is 1. The van der Waals surface area contributed by atoms with Crippen LogP contribution >= 0.6 is 0 Å². The fourth-order valence-electron chi connectivity index (χ4n) is 3.13. The van der Waals surface area contributed by atoms with E-state index >= 15 is 0 Å². The predicted octanol–water partition coefficient (Wildman–Crippen LogP) is 2.43. The topological polar surface area (TPSA) is 61.8 Å². The van der Waals surface area contributed by atoms with Crippen molar-refractivity contribution in [3.63, 3.8) is 0 Å². The lowest BCUT2D eigenvalue weighted by atomic mass is 9.78. The van der Waals surface area contributed by atoms with Crippen LogP contribution in [0.4, 0.5) is 4.79 Å². The van der Waals surface area contributed by atoms with Crippen LogP contribution in [-0.2, 0) is 6.42 Å². The Hall–Kier alpha value is -1.75. The van der Waals surface area contributed by atoms with Crippen molar-refractivity contribution in [2.75, 3.05) is 33.4 Å². The van der Waals surface area contributed by atoms with E-state index in [2.05, 4.69) is 12.2 Å². The van der Waals surface area contributed by atoms with Gasteiger partial charge in [0.2, 0.25) is 0 Å². The van der Waals surface area contributed by atoms with Crippen LogP contribution in [0.5, 0.6) is 5.75 Å². The lowest BCUT2D eigenvalue weighted by molar-refractivity contribution is 0.0441. The maximum absolute atomic E-state index is 12.3. The van der Waals surface area contributed by atoms with Crippen molar-refractivity contribution in [3.05, 3.63) is 29.8 Å². The minimum atomic E-state index is -0.119. The third-order valence-corrected chi connectivity index (χ3v) is 4.88. The fraction of sp³-hybridized carbons (Fsp3) is 0.611. The first-order valence-corrected chi connectivity index (χ1v) is 8.39. The van der Waals surface area contributed by atoms with E-state index in [9.17, 15) is 9.90 Å². The third-order valence-electron chi connectivity index (χ3n) is 4.88. The zero-order valence-corrected chi connectivity index (χ0v) is 14.2. The molecule has 5 nitrogen and oxygen atoms in total. The largest absolute Gasteiger partial charge is 0.497 e. The smallest absolute Gasteiger partial charge is 0.317 e. The van der Waals surface area contributed by atoms with E-state index in [4.69, 9.17) is 4.74 Å². The zero-order chi connectivity index (χ0) is 16.7. The van der Waals surface area contributed by atoms with Gasteiger partial charge in [-0.1, -0.05) is 19.1 Å². The molecule has 1 saturated heterocycles. The van der Waals surface area contributed by atoms with Gasteiger partial charge in [0, 0.05) is 25.0 Å². The molecule has 1 atom stereocenters. The lowest BCUT2D eigenvalue weighted by Crippen LogP contribution is -2.51. The molecule has 0 radical (unpaired) electrons. The number of ether oxygens (including phenoxy) is 1. The standard InChI is InChI=1S/C18H28N2O3/c1-3-18(14-21)10-4-12-20(13-18)17(22)19-11-9-15-5-7-16(23-2)8-6-15/h5-8,21H,3-4,9-14H2,1-2H3,(H,19,22). The van der Waals surface area contributed by atoms with Gasteiger partial charge in [0.25, 0.3) is 0 Å². The average Bonchev–Trinajstić information content (AvgIpc) is 2.62. The van der Waals surface area contributed by atoms with Gasteiger partial charge >= 0.3 is 6.03 Å². The van der Waals surface area contributed by atoms with Gasteiger partial charge in [-0.15, -0.1) is 0 Å². The number of urea groups is 1. The molecule has 2 N–H and O–H groups in total. The highest BCUT2D eigenvalue weighted by Crippen LogP contribution is 2.32. The van der Waals surface area contributed by atoms with Gasteiger partial charge in [-0.05, 0) is 43.4 Å². The monoisotopic (exact) mass is 320 g/mol. The number of hydrogen-bond donors (Lipinski definition) is 2. The fourth-order valence-corrected chi connectivity index (χ4v) is 3.13. The summed E-state index contributed by atoms with van der Waals surface area (Å²) in [5, 5.41) is 12.6. The molecular weight excluding hydrogens is 292 g/mol. The molecule has 1 aromatic carbocycles. The van der Waals surface area contributed by atoms with Crippen LogP contribution in [0.1, 0.15) is 31.7 Å². The number of aliphatic hydroxyl groups is 1. The van der Waals surface area contributed by atoms with Crippen LogP contribution in [0.2, 0.25) is 0 Å². The summed E-state index contributed by atoms with van der Waals surface area (Å²) >= 11 is 0. The molecule has 1 aliphatic rings. The quantitative estimate of drug-likeness (QED) is 0.846. The lowest BCUT2D eigenvalue weighted by Gasteiger charge is -2.41. The van der Waals surface area contributed by atoms with Gasteiger partial charge in [0.15, 0.2) is 0 Å². The SMILES string of the molecule is CCC1(CO)CCCN(C(=O)NCCc2ccc(OC)cc2)C1. The second-order valence-corrected chi connectivity index (χ2v) is 6.37. The number of likely N-dealkylation sites (tertiary alicyclic amines) is 1. The van der Waals surface area contributed by atoms with E-state index in [1.807, 2.05) is 29.2 Å². The summed E-state index contributed by atoms with van der Waals surface area (Å²) in [5.41, 5.74) is 1.05. The molecule has 1 aliphatic heterocycles. The Kier molecular flexibility index (Phi) is 6.28. The number of hydrogen-bond acceptors (Lipinski definition) is 3. The molecule has 0 aliphatic carbocycles. The molecular formula is C18H28N2O3. The van der Waals surface area contributed by atoms with Crippen LogP contribution in [0.3, 0.4) is 0 Å². The van der Waals surface area contributed by atoms with Crippen molar-refractivity contribution in [3.8, 4) is 5.75 Å². The van der Waals surface area contributed by atoms with Crippen LogP contribution in [0.15, 0.2) is 24.3 Å². The number of aliphatic hydroxyl groups excluding tert-OH is 1. The first kappa shape index (κ1) is 17.6. The summed E-state index contributed by atoms with van der Waals surface area (Å²) in [6.45, 7) is 4.27. The maximum Gasteiger partial charge on any atom is 0.317 e. The van der Waals surface area contributed by atoms with Crippen molar-refractivity contribution >= 4 is 6.03 Å². The number of carbonyl (C=O) groups is 1. The Labute approximate surface area is 138 Å². The predicted molar refractivity (Wildman–Crippen MR) is 90.7 cm³/mol. The summed E-state index contributed by atoms with van der Waals surface area (Å²) in [7, 11) is 1.65. The molecule has 0 aromatic heterocycles.